The molecule has 0 saturated carbocycles. The van der Waals surface area contributed by atoms with Crippen LogP contribution in [0.3, 0.4) is 0 Å². The summed E-state index contributed by atoms with van der Waals surface area (Å²) >= 11 is 0. The molecule has 0 radical (unpaired) electrons. The van der Waals surface area contributed by atoms with E-state index in [9.17, 15) is 4.79 Å². The van der Waals surface area contributed by atoms with Gasteiger partial charge < -0.3 is 15.0 Å². The smallest absolute Gasteiger partial charge is 0.251 e. The molecule has 2 saturated heterocycles. The van der Waals surface area contributed by atoms with Gasteiger partial charge in [0.1, 0.15) is 6.10 Å². The van der Waals surface area contributed by atoms with E-state index in [0.717, 1.165) is 38.9 Å². The average Bonchev–Trinajstić information content (AvgIpc) is 2.52. The number of hydrogen-bond donors (Lipinski definition) is 1. The minimum Gasteiger partial charge on any atom is -0.364 e. The highest BCUT2D eigenvalue weighted by molar-refractivity contribution is 5.82. The van der Waals surface area contributed by atoms with Gasteiger partial charge in [-0.15, -0.1) is 0 Å². The number of nitrogens with one attached hydrogen (secondary N) is 1. The quantitative estimate of drug-likeness (QED) is 0.678. The molecule has 2 fully saturated rings. The zero-order valence-corrected chi connectivity index (χ0v) is 8.66. The summed E-state index contributed by atoms with van der Waals surface area (Å²) in [6.45, 7) is 2.81. The molecule has 4 heteroatoms. The molecule has 1 N–H and O–H groups in total. The van der Waals surface area contributed by atoms with Crippen molar-refractivity contribution in [3.05, 3.63) is 0 Å². The molecule has 0 spiro atoms. The number of rotatable bonds is 2. The first-order chi connectivity index (χ1) is 6.77. The fraction of sp³-hybridized carbons (Fsp3) is 0.900. The van der Waals surface area contributed by atoms with E-state index >= 15 is 0 Å². The van der Waals surface area contributed by atoms with Crippen molar-refractivity contribution in [1.29, 1.82) is 0 Å². The number of carbonyl (C=O) groups excluding carboxylic acids is 1. The highest BCUT2D eigenvalue weighted by Crippen LogP contribution is 2.17. The molecular weight excluding hydrogens is 180 g/mol. The van der Waals surface area contributed by atoms with Crippen LogP contribution >= 0.6 is 0 Å². The van der Waals surface area contributed by atoms with Crippen LogP contribution in [-0.2, 0) is 9.53 Å². The molecule has 0 aromatic heterocycles. The molecule has 2 heterocycles. The Hall–Kier alpha value is -0.610. The molecule has 80 valence electrons. The second kappa shape index (κ2) is 4.28. The maximum Gasteiger partial charge on any atom is 0.251 e. The zero-order valence-electron chi connectivity index (χ0n) is 8.66. The number of nitrogens with zero attached hydrogens (tertiary/aromatic N) is 1. The van der Waals surface area contributed by atoms with Crippen LogP contribution in [0.2, 0.25) is 0 Å². The van der Waals surface area contributed by atoms with E-state index in [-0.39, 0.29) is 18.1 Å². The van der Waals surface area contributed by atoms with Crippen molar-refractivity contribution in [3.63, 3.8) is 0 Å². The Kier molecular flexibility index (Phi) is 3.03. The molecule has 2 aliphatic heterocycles. The first kappa shape index (κ1) is 9.93. The van der Waals surface area contributed by atoms with E-state index in [1.807, 2.05) is 7.05 Å². The molecule has 2 rings (SSSR count). The molecule has 2 atom stereocenters. The third-order valence-corrected chi connectivity index (χ3v) is 2.99. The molecule has 0 bridgehead atoms. The lowest BCUT2D eigenvalue weighted by Gasteiger charge is -2.25. The second-order valence-corrected chi connectivity index (χ2v) is 4.14. The normalized spacial score (nSPS) is 33.8. The van der Waals surface area contributed by atoms with Crippen LogP contribution in [0.1, 0.15) is 19.3 Å². The Morgan fingerprint density at radius 2 is 2.36 bits per heavy atom. The molecular formula is C10H18N2O2. The summed E-state index contributed by atoms with van der Waals surface area (Å²) in [6.07, 6.45) is 3.15. The van der Waals surface area contributed by atoms with Crippen LogP contribution in [0.4, 0.5) is 0 Å². The average molecular weight is 198 g/mol. The van der Waals surface area contributed by atoms with E-state index in [2.05, 4.69) is 5.32 Å². The number of hydrogen-bond acceptors (Lipinski definition) is 3. The van der Waals surface area contributed by atoms with Gasteiger partial charge in [-0.25, -0.2) is 0 Å². The molecule has 0 aromatic rings. The Labute approximate surface area is 84.6 Å². The number of carbonyl (C=O) groups is 1. The highest BCUT2D eigenvalue weighted by atomic mass is 16.5. The third kappa shape index (κ3) is 2.07. The summed E-state index contributed by atoms with van der Waals surface area (Å²) in [6, 6.07) is 0. The summed E-state index contributed by atoms with van der Waals surface area (Å²) in [5, 5.41) is 3.28. The Balaban J connectivity index is 1.82. The third-order valence-electron chi connectivity index (χ3n) is 2.99. The van der Waals surface area contributed by atoms with Crippen molar-refractivity contribution >= 4 is 5.91 Å². The van der Waals surface area contributed by atoms with Crippen LogP contribution < -0.4 is 5.32 Å². The molecule has 14 heavy (non-hydrogen) atoms. The summed E-state index contributed by atoms with van der Waals surface area (Å²) in [5.74, 6) is 0.149. The Bertz CT molecular complexity index is 214. The van der Waals surface area contributed by atoms with Crippen LogP contribution in [0.5, 0.6) is 0 Å². The Morgan fingerprint density at radius 1 is 1.50 bits per heavy atom. The maximum absolute atomic E-state index is 11.6. The monoisotopic (exact) mass is 198 g/mol. The largest absolute Gasteiger partial charge is 0.364 e. The van der Waals surface area contributed by atoms with Crippen LogP contribution in [0.25, 0.3) is 0 Å². The Morgan fingerprint density at radius 3 is 2.93 bits per heavy atom. The van der Waals surface area contributed by atoms with E-state index in [1.165, 1.54) is 0 Å². The van der Waals surface area contributed by atoms with Crippen molar-refractivity contribution in [2.24, 2.45) is 0 Å². The van der Waals surface area contributed by atoms with Crippen LogP contribution in [0.15, 0.2) is 0 Å². The van der Waals surface area contributed by atoms with E-state index < -0.39 is 0 Å². The topological polar surface area (TPSA) is 41.6 Å². The molecule has 1 amide bonds. The summed E-state index contributed by atoms with van der Waals surface area (Å²) < 4.78 is 5.78. The van der Waals surface area contributed by atoms with Gasteiger partial charge in [0, 0.05) is 26.6 Å². The lowest BCUT2D eigenvalue weighted by Crippen LogP contribution is -2.39. The zero-order chi connectivity index (χ0) is 9.97. The molecule has 2 aliphatic rings. The predicted octanol–water partition coefficient (Wildman–Crippen LogP) is -0.0143. The summed E-state index contributed by atoms with van der Waals surface area (Å²) in [5.41, 5.74) is 0. The van der Waals surface area contributed by atoms with Gasteiger partial charge in [0.2, 0.25) is 0 Å². The minimum atomic E-state index is -0.176. The van der Waals surface area contributed by atoms with Crippen molar-refractivity contribution in [2.45, 2.75) is 31.5 Å². The van der Waals surface area contributed by atoms with Gasteiger partial charge in [0.25, 0.3) is 5.91 Å². The van der Waals surface area contributed by atoms with Crippen LogP contribution in [-0.4, -0.2) is 49.7 Å². The number of likely N-dealkylation sites (tertiary alicyclic amines) is 1. The van der Waals surface area contributed by atoms with Crippen molar-refractivity contribution in [2.75, 3.05) is 26.7 Å². The standard InChI is InChI=1S/C10H18N2O2/c1-12-6-4-9(10(12)13)14-8-3-2-5-11-7-8/h8-9,11H,2-7H2,1H3/t8-,9?/m0/s1. The molecule has 0 aromatic carbocycles. The van der Waals surface area contributed by atoms with E-state index in [1.54, 1.807) is 4.90 Å². The SMILES string of the molecule is CN1CCC(O[C@H]2CCCNC2)C1=O. The summed E-state index contributed by atoms with van der Waals surface area (Å²) in [4.78, 5) is 13.3. The summed E-state index contributed by atoms with van der Waals surface area (Å²) in [7, 11) is 1.84. The van der Waals surface area contributed by atoms with E-state index in [4.69, 9.17) is 4.74 Å². The molecule has 1 unspecified atom stereocenters. The maximum atomic E-state index is 11.6. The number of amides is 1. The van der Waals surface area contributed by atoms with Gasteiger partial charge in [-0.05, 0) is 19.4 Å². The van der Waals surface area contributed by atoms with Gasteiger partial charge >= 0.3 is 0 Å². The van der Waals surface area contributed by atoms with E-state index in [0.29, 0.717) is 0 Å². The molecule has 4 nitrogen and oxygen atoms in total. The lowest BCUT2D eigenvalue weighted by molar-refractivity contribution is -0.140. The van der Waals surface area contributed by atoms with Gasteiger partial charge in [0.15, 0.2) is 0 Å². The number of piperidine rings is 1. The fourth-order valence-corrected chi connectivity index (χ4v) is 2.08. The van der Waals surface area contributed by atoms with Crippen molar-refractivity contribution in [1.82, 2.24) is 10.2 Å². The fourth-order valence-electron chi connectivity index (χ4n) is 2.08. The van der Waals surface area contributed by atoms with Crippen LogP contribution in [0, 0.1) is 0 Å². The van der Waals surface area contributed by atoms with Crippen molar-refractivity contribution < 1.29 is 9.53 Å². The second-order valence-electron chi connectivity index (χ2n) is 4.14. The first-order valence-electron chi connectivity index (χ1n) is 5.38. The number of ether oxygens (including phenoxy) is 1. The van der Waals surface area contributed by atoms with Gasteiger partial charge in [0.05, 0.1) is 6.10 Å². The minimum absolute atomic E-state index is 0.149. The molecule has 0 aliphatic carbocycles. The van der Waals surface area contributed by atoms with Gasteiger partial charge in [-0.2, -0.15) is 0 Å². The first-order valence-corrected chi connectivity index (χ1v) is 5.38. The van der Waals surface area contributed by atoms with Gasteiger partial charge in [-0.1, -0.05) is 0 Å². The predicted molar refractivity (Wildman–Crippen MR) is 53.0 cm³/mol. The highest BCUT2D eigenvalue weighted by Gasteiger charge is 2.32. The van der Waals surface area contributed by atoms with Crippen molar-refractivity contribution in [3.8, 4) is 0 Å². The lowest BCUT2D eigenvalue weighted by atomic mass is 10.1. The number of likely N-dealkylation sites (N-methyl/N-ethyl adjacent to an activating group) is 1. The van der Waals surface area contributed by atoms with Gasteiger partial charge in [-0.3, -0.25) is 4.79 Å².